The second-order valence-electron chi connectivity index (χ2n) is 9.10. The molecule has 3 aromatic heterocycles. The quantitative estimate of drug-likeness (QED) is 0.312. The lowest BCUT2D eigenvalue weighted by molar-refractivity contribution is -0.0494. The molecule has 2 aromatic carbocycles. The maximum atomic E-state index is 13.3. The summed E-state index contributed by atoms with van der Waals surface area (Å²) in [5.41, 5.74) is 3.72. The molecule has 198 valence electrons. The van der Waals surface area contributed by atoms with E-state index >= 15 is 0 Å². The number of amides is 1. The molecule has 4 heterocycles. The summed E-state index contributed by atoms with van der Waals surface area (Å²) in [6.45, 7) is -1.24. The Balaban J connectivity index is 1.31. The van der Waals surface area contributed by atoms with Gasteiger partial charge in [0.1, 0.15) is 28.5 Å². The van der Waals surface area contributed by atoms with Gasteiger partial charge >= 0.3 is 6.61 Å². The van der Waals surface area contributed by atoms with Gasteiger partial charge in [0.25, 0.3) is 5.91 Å². The van der Waals surface area contributed by atoms with Crippen LogP contribution in [0.15, 0.2) is 67.3 Å². The summed E-state index contributed by atoms with van der Waals surface area (Å²) < 4.78 is 38.8. The van der Waals surface area contributed by atoms with Crippen LogP contribution in [0.4, 0.5) is 14.5 Å². The zero-order valence-corrected chi connectivity index (χ0v) is 20.8. The van der Waals surface area contributed by atoms with Crippen molar-refractivity contribution in [3.63, 3.8) is 0 Å². The fraction of sp³-hybridized carbons (Fsp3) is 0.185. The maximum absolute atomic E-state index is 13.3. The van der Waals surface area contributed by atoms with Crippen LogP contribution in [0.5, 0.6) is 17.2 Å². The zero-order chi connectivity index (χ0) is 26.9. The number of H-pyrrole nitrogens is 1. The van der Waals surface area contributed by atoms with Gasteiger partial charge in [-0.15, -0.1) is 0 Å². The van der Waals surface area contributed by atoms with Gasteiger partial charge in [-0.05, 0) is 61.0 Å². The van der Waals surface area contributed by atoms with E-state index in [1.165, 1.54) is 34.1 Å². The first-order valence-electron chi connectivity index (χ1n) is 12.2. The highest BCUT2D eigenvalue weighted by Gasteiger charge is 2.22. The number of ether oxygens (including phenoxy) is 2. The number of hydrogen-bond donors (Lipinski definition) is 2. The van der Waals surface area contributed by atoms with Crippen molar-refractivity contribution in [2.75, 3.05) is 18.9 Å². The minimum Gasteiger partial charge on any atom is -0.457 e. The van der Waals surface area contributed by atoms with Crippen LogP contribution in [0.25, 0.3) is 16.9 Å². The van der Waals surface area contributed by atoms with Gasteiger partial charge in [0.2, 0.25) is 0 Å². The zero-order valence-electron chi connectivity index (χ0n) is 20.8. The molecule has 1 amide bonds. The van der Waals surface area contributed by atoms with E-state index in [-0.39, 0.29) is 28.3 Å². The minimum absolute atomic E-state index is 0.121. The van der Waals surface area contributed by atoms with Crippen LogP contribution in [-0.4, -0.2) is 55.8 Å². The van der Waals surface area contributed by atoms with E-state index in [1.54, 1.807) is 30.6 Å². The van der Waals surface area contributed by atoms with E-state index in [4.69, 9.17) is 9.47 Å². The first-order valence-corrected chi connectivity index (χ1v) is 12.2. The smallest absolute Gasteiger partial charge is 0.387 e. The first-order chi connectivity index (χ1) is 18.9. The number of alkyl halides is 2. The van der Waals surface area contributed by atoms with Gasteiger partial charge in [0.05, 0.1) is 17.4 Å². The second-order valence-corrected chi connectivity index (χ2v) is 9.10. The number of anilines is 1. The molecule has 0 saturated carbocycles. The number of hydrogen-bond acceptors (Lipinski definition) is 7. The number of likely N-dealkylation sites (N-methyl/N-ethyl adjacent to an activating group) is 1. The molecule has 0 radical (unpaired) electrons. The summed E-state index contributed by atoms with van der Waals surface area (Å²) in [6, 6.07) is 12.1. The Morgan fingerprint density at radius 1 is 1.15 bits per heavy atom. The molecule has 12 heteroatoms. The third-order valence-corrected chi connectivity index (χ3v) is 6.45. The number of rotatable bonds is 7. The molecule has 2 N–H and O–H groups in total. The van der Waals surface area contributed by atoms with Crippen molar-refractivity contribution in [1.82, 2.24) is 29.7 Å². The van der Waals surface area contributed by atoms with E-state index in [9.17, 15) is 13.6 Å². The molecular weight excluding hydrogens is 508 g/mol. The Labute approximate surface area is 221 Å². The summed E-state index contributed by atoms with van der Waals surface area (Å²) in [5.74, 6) is 0.398. The van der Waals surface area contributed by atoms with Crippen LogP contribution >= 0.6 is 0 Å². The Morgan fingerprint density at radius 2 is 2.00 bits per heavy atom. The topological polar surface area (TPSA) is 110 Å². The highest BCUT2D eigenvalue weighted by Crippen LogP contribution is 2.38. The van der Waals surface area contributed by atoms with Crippen LogP contribution in [0, 0.1) is 0 Å². The summed E-state index contributed by atoms with van der Waals surface area (Å²) in [5, 5.41) is 13.8. The largest absolute Gasteiger partial charge is 0.457 e. The first kappa shape index (κ1) is 24.5. The normalized spacial score (nSPS) is 13.4. The van der Waals surface area contributed by atoms with Crippen molar-refractivity contribution >= 4 is 17.2 Å². The van der Waals surface area contributed by atoms with Gasteiger partial charge < -0.3 is 19.7 Å². The molecule has 6 rings (SSSR count). The molecule has 0 aliphatic carbocycles. The summed E-state index contributed by atoms with van der Waals surface area (Å²) >= 11 is 0. The van der Waals surface area contributed by atoms with Gasteiger partial charge in [0, 0.05) is 31.7 Å². The number of aromatic amines is 1. The number of carbonyl (C=O) groups is 1. The number of aromatic nitrogens is 5. The van der Waals surface area contributed by atoms with Crippen molar-refractivity contribution in [1.29, 1.82) is 0 Å². The van der Waals surface area contributed by atoms with Crippen LogP contribution in [0.3, 0.4) is 0 Å². The molecule has 1 aliphatic rings. The van der Waals surface area contributed by atoms with Gasteiger partial charge in [-0.1, -0.05) is 6.07 Å². The highest BCUT2D eigenvalue weighted by atomic mass is 19.3. The fourth-order valence-corrected chi connectivity index (χ4v) is 4.60. The van der Waals surface area contributed by atoms with Crippen LogP contribution in [-0.2, 0) is 13.0 Å². The predicted octanol–water partition coefficient (Wildman–Crippen LogP) is 4.75. The second kappa shape index (κ2) is 10.1. The molecule has 39 heavy (non-hydrogen) atoms. The van der Waals surface area contributed by atoms with Crippen molar-refractivity contribution in [2.45, 2.75) is 19.6 Å². The van der Waals surface area contributed by atoms with Crippen molar-refractivity contribution in [2.24, 2.45) is 0 Å². The molecule has 0 atom stereocenters. The maximum Gasteiger partial charge on any atom is 0.387 e. The molecule has 0 spiro atoms. The van der Waals surface area contributed by atoms with Gasteiger partial charge in [0.15, 0.2) is 5.65 Å². The van der Waals surface area contributed by atoms with Crippen LogP contribution in [0.2, 0.25) is 0 Å². The standard InChI is InChI=1S/C27H23F2N7O3/c1-35-10-7-16-3-4-18(11-17(16)15-35)38-19-5-6-23(39-27(28)29)20(12-19)24-22(14-31-34-24)33-26(37)21-13-32-36-9-2-8-30-25(21)36/h2-6,8-9,11-14,27H,7,10,15H2,1H3,(H,31,34)(H,33,37). The van der Waals surface area contributed by atoms with Crippen molar-refractivity contribution in [3.8, 4) is 28.5 Å². The van der Waals surface area contributed by atoms with Crippen molar-refractivity contribution in [3.05, 3.63) is 83.9 Å². The molecule has 5 aromatic rings. The van der Waals surface area contributed by atoms with E-state index in [2.05, 4.69) is 37.5 Å². The van der Waals surface area contributed by atoms with Crippen molar-refractivity contribution < 1.29 is 23.0 Å². The summed E-state index contributed by atoms with van der Waals surface area (Å²) in [6.07, 6.45) is 7.04. The molecule has 10 nitrogen and oxygen atoms in total. The Hall–Kier alpha value is -4.84. The number of benzene rings is 2. The fourth-order valence-electron chi connectivity index (χ4n) is 4.60. The molecule has 0 bridgehead atoms. The Kier molecular flexibility index (Phi) is 6.37. The lowest BCUT2D eigenvalue weighted by atomic mass is 10.00. The lowest BCUT2D eigenvalue weighted by Crippen LogP contribution is -2.26. The lowest BCUT2D eigenvalue weighted by Gasteiger charge is -2.25. The highest BCUT2D eigenvalue weighted by molar-refractivity contribution is 6.09. The monoisotopic (exact) mass is 531 g/mol. The number of fused-ring (bicyclic) bond motifs is 2. The van der Waals surface area contributed by atoms with E-state index in [0.717, 1.165) is 19.5 Å². The average molecular weight is 532 g/mol. The minimum atomic E-state index is -3.06. The summed E-state index contributed by atoms with van der Waals surface area (Å²) in [4.78, 5) is 19.5. The SMILES string of the molecule is CN1CCc2ccc(Oc3ccc(OC(F)F)c(-c4n[nH]cc4NC(=O)c4cnn5cccnc45)c3)cc2C1. The Morgan fingerprint density at radius 3 is 2.87 bits per heavy atom. The van der Waals surface area contributed by atoms with E-state index < -0.39 is 12.5 Å². The summed E-state index contributed by atoms with van der Waals surface area (Å²) in [7, 11) is 2.07. The number of carbonyl (C=O) groups excluding carboxylic acids is 1. The van der Waals surface area contributed by atoms with Gasteiger partial charge in [-0.2, -0.15) is 19.0 Å². The predicted molar refractivity (Wildman–Crippen MR) is 138 cm³/mol. The van der Waals surface area contributed by atoms with Gasteiger partial charge in [-0.25, -0.2) is 9.50 Å². The van der Waals surface area contributed by atoms with E-state index in [1.807, 2.05) is 18.2 Å². The van der Waals surface area contributed by atoms with E-state index in [0.29, 0.717) is 17.1 Å². The third kappa shape index (κ3) is 5.01. The molecule has 1 aliphatic heterocycles. The average Bonchev–Trinajstić information content (AvgIpc) is 3.56. The van der Waals surface area contributed by atoms with Crippen LogP contribution < -0.4 is 14.8 Å². The van der Waals surface area contributed by atoms with Gasteiger partial charge in [-0.3, -0.25) is 9.89 Å². The third-order valence-electron chi connectivity index (χ3n) is 6.45. The number of halogens is 2. The Bertz CT molecular complexity index is 1670. The number of nitrogens with one attached hydrogen (secondary N) is 2. The number of nitrogens with zero attached hydrogens (tertiary/aromatic N) is 5. The van der Waals surface area contributed by atoms with Crippen LogP contribution in [0.1, 0.15) is 21.5 Å². The molecular formula is C27H23F2N7O3. The molecule has 0 fully saturated rings. The molecule has 0 unspecified atom stereocenters. The molecule has 0 saturated heterocycles.